The number of benzene rings is 2. The molecule has 0 aliphatic heterocycles. The van der Waals surface area contributed by atoms with Crippen LogP contribution in [0.15, 0.2) is 83.8 Å². The van der Waals surface area contributed by atoms with Crippen LogP contribution in [0.3, 0.4) is 0 Å². The zero-order valence-corrected chi connectivity index (χ0v) is 16.8. The number of aromatic amines is 1. The predicted molar refractivity (Wildman–Crippen MR) is 118 cm³/mol. The highest BCUT2D eigenvalue weighted by Gasteiger charge is 2.43. The first kappa shape index (κ1) is 19.2. The highest BCUT2D eigenvalue weighted by atomic mass is 16.5. The molecule has 2 aromatic carbocycles. The molecule has 6 heteroatoms. The first-order valence-electron chi connectivity index (χ1n) is 10.2. The van der Waals surface area contributed by atoms with Crippen molar-refractivity contribution in [2.75, 3.05) is 6.61 Å². The molecule has 0 saturated heterocycles. The van der Waals surface area contributed by atoms with Gasteiger partial charge in [-0.25, -0.2) is 4.98 Å². The third-order valence-electron chi connectivity index (χ3n) is 5.67. The van der Waals surface area contributed by atoms with Crippen molar-refractivity contribution in [2.24, 2.45) is 0 Å². The molecule has 31 heavy (non-hydrogen) atoms. The Kier molecular flexibility index (Phi) is 4.84. The Balaban J connectivity index is 1.62. The fourth-order valence-electron chi connectivity index (χ4n) is 3.65. The van der Waals surface area contributed by atoms with Crippen molar-refractivity contribution in [2.45, 2.75) is 18.3 Å². The maximum atomic E-state index is 13.0. The fraction of sp³-hybridized carbons (Fsp3) is 0.160. The molecule has 0 radical (unpaired) electrons. The zero-order chi connectivity index (χ0) is 21.3. The number of nitrogens with one attached hydrogen (secondary N) is 1. The summed E-state index contributed by atoms with van der Waals surface area (Å²) in [5, 5.41) is 9.72. The maximum absolute atomic E-state index is 13.0. The molecule has 1 aliphatic carbocycles. The van der Waals surface area contributed by atoms with E-state index in [1.165, 1.54) is 0 Å². The van der Waals surface area contributed by atoms with Crippen molar-refractivity contribution in [3.05, 3.63) is 94.9 Å². The normalized spacial score (nSPS) is 14.2. The van der Waals surface area contributed by atoms with Gasteiger partial charge in [0.2, 0.25) is 5.75 Å². The van der Waals surface area contributed by atoms with E-state index in [9.17, 15) is 9.90 Å². The van der Waals surface area contributed by atoms with Gasteiger partial charge in [0, 0.05) is 17.2 Å². The molecular formula is C25H21N3O3. The number of rotatable bonds is 6. The average molecular weight is 411 g/mol. The molecule has 6 nitrogen and oxygen atoms in total. The quantitative estimate of drug-likeness (QED) is 0.493. The van der Waals surface area contributed by atoms with Gasteiger partial charge < -0.3 is 14.8 Å². The Morgan fingerprint density at radius 3 is 2.35 bits per heavy atom. The summed E-state index contributed by atoms with van der Waals surface area (Å²) < 4.78 is 5.95. The molecule has 2 heterocycles. The van der Waals surface area contributed by atoms with Gasteiger partial charge in [-0.15, -0.1) is 0 Å². The lowest BCUT2D eigenvalue weighted by Gasteiger charge is -2.14. The van der Waals surface area contributed by atoms with Crippen LogP contribution in [-0.2, 0) is 5.41 Å². The smallest absolute Gasteiger partial charge is 0.294 e. The van der Waals surface area contributed by atoms with E-state index in [2.05, 4.69) is 9.97 Å². The minimum Gasteiger partial charge on any atom is -0.449 e. The Labute approximate surface area is 179 Å². The second-order valence-corrected chi connectivity index (χ2v) is 7.74. The van der Waals surface area contributed by atoms with E-state index < -0.39 is 0 Å². The van der Waals surface area contributed by atoms with Gasteiger partial charge in [-0.2, -0.15) is 0 Å². The lowest BCUT2D eigenvalue weighted by molar-refractivity contribution is 0.255. The summed E-state index contributed by atoms with van der Waals surface area (Å²) in [7, 11) is 0. The van der Waals surface area contributed by atoms with E-state index in [0.717, 1.165) is 24.0 Å². The SMILES string of the molecule is O=c1[nH]c(-c2ccccn2)nc(-c2ccc(C3(CO)CC3)cc2)c1Oc1ccccc1. The van der Waals surface area contributed by atoms with Gasteiger partial charge in [0.1, 0.15) is 17.1 Å². The Hall–Kier alpha value is -3.77. The number of aliphatic hydroxyl groups excluding tert-OH is 1. The standard InChI is InChI=1S/C25H21N3O3/c29-16-25(13-14-25)18-11-9-17(10-12-18)21-22(31-19-6-2-1-3-7-19)24(30)28-23(27-21)20-8-4-5-15-26-20/h1-12,15,29H,13-14,16H2,(H,27,28,30). The number of pyridine rings is 1. The number of hydrogen-bond donors (Lipinski definition) is 2. The van der Waals surface area contributed by atoms with Crippen LogP contribution in [0.4, 0.5) is 0 Å². The number of para-hydroxylation sites is 1. The molecule has 2 aromatic heterocycles. The van der Waals surface area contributed by atoms with Gasteiger partial charge in [0.15, 0.2) is 5.82 Å². The molecule has 0 amide bonds. The average Bonchev–Trinajstić information content (AvgIpc) is 3.63. The summed E-state index contributed by atoms with van der Waals surface area (Å²) in [5.41, 5.74) is 2.36. The van der Waals surface area contributed by atoms with Crippen LogP contribution in [0.2, 0.25) is 0 Å². The van der Waals surface area contributed by atoms with Gasteiger partial charge in [0.05, 0.1) is 6.61 Å². The van der Waals surface area contributed by atoms with E-state index in [0.29, 0.717) is 23.0 Å². The zero-order valence-electron chi connectivity index (χ0n) is 16.8. The molecule has 4 aromatic rings. The van der Waals surface area contributed by atoms with Crippen LogP contribution in [-0.4, -0.2) is 26.7 Å². The molecule has 5 rings (SSSR count). The number of aromatic nitrogens is 3. The van der Waals surface area contributed by atoms with Crippen LogP contribution in [0.5, 0.6) is 11.5 Å². The third-order valence-corrected chi connectivity index (χ3v) is 5.67. The third kappa shape index (κ3) is 3.73. The molecule has 1 aliphatic rings. The molecular weight excluding hydrogens is 390 g/mol. The highest BCUT2D eigenvalue weighted by molar-refractivity contribution is 5.69. The fourth-order valence-corrected chi connectivity index (χ4v) is 3.65. The monoisotopic (exact) mass is 411 g/mol. The van der Waals surface area contributed by atoms with Crippen molar-refractivity contribution >= 4 is 0 Å². The van der Waals surface area contributed by atoms with E-state index in [-0.39, 0.29) is 23.3 Å². The van der Waals surface area contributed by atoms with Gasteiger partial charge in [-0.1, -0.05) is 48.5 Å². The van der Waals surface area contributed by atoms with Gasteiger partial charge in [-0.05, 0) is 42.7 Å². The molecule has 154 valence electrons. The summed E-state index contributed by atoms with van der Waals surface area (Å²) in [6.07, 6.45) is 3.62. The Morgan fingerprint density at radius 2 is 1.71 bits per heavy atom. The number of H-pyrrole nitrogens is 1. The molecule has 0 spiro atoms. The van der Waals surface area contributed by atoms with Crippen molar-refractivity contribution in [3.63, 3.8) is 0 Å². The van der Waals surface area contributed by atoms with Gasteiger partial charge >= 0.3 is 0 Å². The molecule has 0 unspecified atom stereocenters. The van der Waals surface area contributed by atoms with E-state index in [1.807, 2.05) is 54.6 Å². The number of ether oxygens (including phenoxy) is 1. The second-order valence-electron chi connectivity index (χ2n) is 7.74. The lowest BCUT2D eigenvalue weighted by atomic mass is 9.95. The largest absolute Gasteiger partial charge is 0.449 e. The van der Waals surface area contributed by atoms with Crippen LogP contribution in [0.25, 0.3) is 22.8 Å². The van der Waals surface area contributed by atoms with E-state index in [1.54, 1.807) is 24.4 Å². The molecule has 2 N–H and O–H groups in total. The van der Waals surface area contributed by atoms with Crippen LogP contribution >= 0.6 is 0 Å². The minimum absolute atomic E-state index is 0.122. The van der Waals surface area contributed by atoms with E-state index >= 15 is 0 Å². The van der Waals surface area contributed by atoms with Crippen LogP contribution in [0.1, 0.15) is 18.4 Å². The van der Waals surface area contributed by atoms with Crippen molar-refractivity contribution < 1.29 is 9.84 Å². The van der Waals surface area contributed by atoms with Crippen molar-refractivity contribution in [1.29, 1.82) is 0 Å². The maximum Gasteiger partial charge on any atom is 0.294 e. The minimum atomic E-state index is -0.382. The summed E-state index contributed by atoms with van der Waals surface area (Å²) >= 11 is 0. The molecule has 0 atom stereocenters. The number of nitrogens with zero attached hydrogens (tertiary/aromatic N) is 2. The van der Waals surface area contributed by atoms with Gasteiger partial charge in [0.25, 0.3) is 5.56 Å². The molecule has 0 bridgehead atoms. The van der Waals surface area contributed by atoms with Crippen LogP contribution < -0.4 is 10.3 Å². The summed E-state index contributed by atoms with van der Waals surface area (Å²) in [4.78, 5) is 24.8. The molecule has 1 saturated carbocycles. The topological polar surface area (TPSA) is 88.1 Å². The van der Waals surface area contributed by atoms with Crippen molar-refractivity contribution in [1.82, 2.24) is 15.0 Å². The number of hydrogen-bond acceptors (Lipinski definition) is 5. The summed E-state index contributed by atoms with van der Waals surface area (Å²) in [6, 6.07) is 22.4. The Morgan fingerprint density at radius 1 is 0.968 bits per heavy atom. The molecule has 1 fully saturated rings. The lowest BCUT2D eigenvalue weighted by Crippen LogP contribution is -2.14. The van der Waals surface area contributed by atoms with E-state index in [4.69, 9.17) is 9.72 Å². The number of aliphatic hydroxyl groups is 1. The Bertz CT molecular complexity index is 1250. The second kappa shape index (κ2) is 7.81. The first-order chi connectivity index (χ1) is 15.2. The highest BCUT2D eigenvalue weighted by Crippen LogP contribution is 2.48. The van der Waals surface area contributed by atoms with Gasteiger partial charge in [-0.3, -0.25) is 9.78 Å². The summed E-state index contributed by atoms with van der Waals surface area (Å²) in [5.74, 6) is 1.05. The predicted octanol–water partition coefficient (Wildman–Crippen LogP) is 4.32. The first-order valence-corrected chi connectivity index (χ1v) is 10.2. The van der Waals surface area contributed by atoms with Crippen LogP contribution in [0, 0.1) is 0 Å². The van der Waals surface area contributed by atoms with Crippen molar-refractivity contribution in [3.8, 4) is 34.3 Å². The summed E-state index contributed by atoms with van der Waals surface area (Å²) in [6.45, 7) is 0.141.